The summed E-state index contributed by atoms with van der Waals surface area (Å²) >= 11 is 8.63. The maximum atomic E-state index is 5.85. The Morgan fingerprint density at radius 1 is 1.26 bits per heavy atom. The first-order valence-electron chi connectivity index (χ1n) is 5.42. The van der Waals surface area contributed by atoms with Crippen molar-refractivity contribution in [1.29, 1.82) is 0 Å². The molecule has 0 radical (unpaired) electrons. The standard InChI is InChI=1S/C9H12ClN7S2/c1-4-11-6-12-5(10)13-7(14-6)18-9-16-15-8(19-9)17(2)3/h4H2,1-3H3,(H,11,12,13,14). The van der Waals surface area contributed by atoms with E-state index in [2.05, 4.69) is 30.5 Å². The van der Waals surface area contributed by atoms with Crippen molar-refractivity contribution in [3.63, 3.8) is 0 Å². The van der Waals surface area contributed by atoms with E-state index in [9.17, 15) is 0 Å². The van der Waals surface area contributed by atoms with Crippen LogP contribution in [0.15, 0.2) is 9.50 Å². The average molecular weight is 318 g/mol. The van der Waals surface area contributed by atoms with Crippen molar-refractivity contribution in [2.75, 3.05) is 30.9 Å². The summed E-state index contributed by atoms with van der Waals surface area (Å²) in [6.07, 6.45) is 0. The van der Waals surface area contributed by atoms with E-state index in [0.717, 1.165) is 9.47 Å². The van der Waals surface area contributed by atoms with Crippen molar-refractivity contribution in [2.45, 2.75) is 16.4 Å². The Hall–Kier alpha value is -1.19. The van der Waals surface area contributed by atoms with E-state index in [1.54, 1.807) is 0 Å². The lowest BCUT2D eigenvalue weighted by Crippen LogP contribution is -2.07. The molecule has 2 rings (SSSR count). The van der Waals surface area contributed by atoms with Crippen molar-refractivity contribution >= 4 is 45.8 Å². The molecule has 0 amide bonds. The van der Waals surface area contributed by atoms with Gasteiger partial charge in [0.15, 0.2) is 4.34 Å². The summed E-state index contributed by atoms with van der Waals surface area (Å²) < 4.78 is 0.758. The zero-order chi connectivity index (χ0) is 13.8. The van der Waals surface area contributed by atoms with E-state index in [4.69, 9.17) is 11.6 Å². The van der Waals surface area contributed by atoms with Gasteiger partial charge >= 0.3 is 0 Å². The molecule has 0 aliphatic carbocycles. The van der Waals surface area contributed by atoms with Crippen molar-refractivity contribution in [3.8, 4) is 0 Å². The maximum absolute atomic E-state index is 5.85. The lowest BCUT2D eigenvalue weighted by molar-refractivity contribution is 0.894. The minimum absolute atomic E-state index is 0.158. The number of nitrogens with one attached hydrogen (secondary N) is 1. The largest absolute Gasteiger partial charge is 0.354 e. The van der Waals surface area contributed by atoms with Gasteiger partial charge < -0.3 is 10.2 Å². The van der Waals surface area contributed by atoms with E-state index in [1.165, 1.54) is 23.1 Å². The summed E-state index contributed by atoms with van der Waals surface area (Å²) in [5.41, 5.74) is 0. The number of hydrogen-bond acceptors (Lipinski definition) is 9. The van der Waals surface area contributed by atoms with E-state index < -0.39 is 0 Å². The van der Waals surface area contributed by atoms with Gasteiger partial charge in [-0.05, 0) is 30.3 Å². The second-order valence-corrected chi connectivity index (χ2v) is 6.10. The first-order chi connectivity index (χ1) is 9.08. The van der Waals surface area contributed by atoms with Crippen LogP contribution in [0.25, 0.3) is 0 Å². The molecular weight excluding hydrogens is 306 g/mol. The van der Waals surface area contributed by atoms with Gasteiger partial charge in [-0.25, -0.2) is 0 Å². The molecule has 0 aliphatic heterocycles. The second-order valence-electron chi connectivity index (χ2n) is 3.59. The number of rotatable bonds is 5. The summed E-state index contributed by atoms with van der Waals surface area (Å²) in [7, 11) is 3.83. The molecular formula is C9H12ClN7S2. The van der Waals surface area contributed by atoms with Crippen molar-refractivity contribution in [1.82, 2.24) is 25.1 Å². The summed E-state index contributed by atoms with van der Waals surface area (Å²) in [4.78, 5) is 14.2. The fourth-order valence-electron chi connectivity index (χ4n) is 1.12. The van der Waals surface area contributed by atoms with E-state index in [-0.39, 0.29) is 5.28 Å². The second kappa shape index (κ2) is 6.31. The fraction of sp³-hybridized carbons (Fsp3) is 0.444. The summed E-state index contributed by atoms with van der Waals surface area (Å²) in [5, 5.41) is 12.6. The van der Waals surface area contributed by atoms with Crippen LogP contribution >= 0.6 is 34.7 Å². The highest BCUT2D eigenvalue weighted by molar-refractivity contribution is 8.00. The Kier molecular flexibility index (Phi) is 4.72. The van der Waals surface area contributed by atoms with Gasteiger partial charge in [-0.2, -0.15) is 15.0 Å². The van der Waals surface area contributed by atoms with Gasteiger partial charge in [0, 0.05) is 20.6 Å². The molecule has 0 unspecified atom stereocenters. The lowest BCUT2D eigenvalue weighted by atomic mass is 10.7. The molecule has 0 fully saturated rings. The van der Waals surface area contributed by atoms with Gasteiger partial charge in [-0.15, -0.1) is 10.2 Å². The van der Waals surface area contributed by atoms with Gasteiger partial charge in [-0.1, -0.05) is 11.3 Å². The molecule has 19 heavy (non-hydrogen) atoms. The Balaban J connectivity index is 2.17. The highest BCUT2D eigenvalue weighted by Crippen LogP contribution is 2.31. The van der Waals surface area contributed by atoms with E-state index in [0.29, 0.717) is 17.6 Å². The number of halogens is 1. The Bertz CT molecular complexity index is 559. The molecule has 0 atom stereocenters. The number of nitrogens with zero attached hydrogens (tertiary/aromatic N) is 6. The highest BCUT2D eigenvalue weighted by Gasteiger charge is 2.11. The van der Waals surface area contributed by atoms with Crippen LogP contribution in [-0.4, -0.2) is 45.8 Å². The van der Waals surface area contributed by atoms with Crippen LogP contribution in [0.5, 0.6) is 0 Å². The van der Waals surface area contributed by atoms with Crippen molar-refractivity contribution in [2.24, 2.45) is 0 Å². The van der Waals surface area contributed by atoms with Crippen LogP contribution in [0, 0.1) is 0 Å². The molecule has 102 valence electrons. The molecule has 2 aromatic heterocycles. The van der Waals surface area contributed by atoms with Crippen LogP contribution in [0.4, 0.5) is 11.1 Å². The molecule has 1 N–H and O–H groups in total. The molecule has 0 aliphatic rings. The van der Waals surface area contributed by atoms with E-state index >= 15 is 0 Å². The molecule has 2 aromatic rings. The van der Waals surface area contributed by atoms with Crippen LogP contribution < -0.4 is 10.2 Å². The predicted molar refractivity (Wildman–Crippen MR) is 77.4 cm³/mol. The Morgan fingerprint density at radius 3 is 2.68 bits per heavy atom. The van der Waals surface area contributed by atoms with Crippen LogP contribution in [-0.2, 0) is 0 Å². The van der Waals surface area contributed by atoms with Crippen molar-refractivity contribution < 1.29 is 0 Å². The van der Waals surface area contributed by atoms with Crippen LogP contribution in [0.2, 0.25) is 5.28 Å². The molecule has 10 heteroatoms. The smallest absolute Gasteiger partial charge is 0.228 e. The number of aromatic nitrogens is 5. The van der Waals surface area contributed by atoms with Gasteiger partial charge in [0.05, 0.1) is 0 Å². The van der Waals surface area contributed by atoms with Gasteiger partial charge in [0.2, 0.25) is 21.5 Å². The average Bonchev–Trinajstić information content (AvgIpc) is 2.77. The SMILES string of the molecule is CCNc1nc(Cl)nc(Sc2nnc(N(C)C)s2)n1. The third-order valence-corrected chi connectivity index (χ3v) is 4.06. The topological polar surface area (TPSA) is 79.7 Å². The third kappa shape index (κ3) is 3.88. The van der Waals surface area contributed by atoms with Gasteiger partial charge in [0.1, 0.15) is 0 Å². The lowest BCUT2D eigenvalue weighted by Gasteiger charge is -2.04. The highest BCUT2D eigenvalue weighted by atomic mass is 35.5. The summed E-state index contributed by atoms with van der Waals surface area (Å²) in [6, 6.07) is 0. The molecule has 0 saturated heterocycles. The number of hydrogen-bond donors (Lipinski definition) is 1. The Labute approximate surface area is 123 Å². The van der Waals surface area contributed by atoms with Gasteiger partial charge in [-0.3, -0.25) is 0 Å². The molecule has 0 saturated carbocycles. The minimum Gasteiger partial charge on any atom is -0.354 e. The van der Waals surface area contributed by atoms with Crippen molar-refractivity contribution in [3.05, 3.63) is 5.28 Å². The van der Waals surface area contributed by atoms with Crippen LogP contribution in [0.3, 0.4) is 0 Å². The monoisotopic (exact) mass is 317 g/mol. The summed E-state index contributed by atoms with van der Waals surface area (Å²) in [5.74, 6) is 0.461. The molecule has 0 aromatic carbocycles. The predicted octanol–water partition coefficient (Wildman–Crippen LogP) is 2.03. The fourth-order valence-corrected chi connectivity index (χ4v) is 2.95. The molecule has 2 heterocycles. The zero-order valence-electron chi connectivity index (χ0n) is 10.6. The van der Waals surface area contributed by atoms with E-state index in [1.807, 2.05) is 25.9 Å². The molecule has 7 nitrogen and oxygen atoms in total. The number of anilines is 2. The van der Waals surface area contributed by atoms with Gasteiger partial charge in [0.25, 0.3) is 0 Å². The molecule has 0 spiro atoms. The molecule has 0 bridgehead atoms. The first kappa shape index (κ1) is 14.2. The normalized spacial score (nSPS) is 10.5. The zero-order valence-corrected chi connectivity index (χ0v) is 13.0. The van der Waals surface area contributed by atoms with Crippen LogP contribution in [0.1, 0.15) is 6.92 Å². The maximum Gasteiger partial charge on any atom is 0.228 e. The first-order valence-corrected chi connectivity index (χ1v) is 7.43. The third-order valence-electron chi connectivity index (χ3n) is 1.88. The quantitative estimate of drug-likeness (QED) is 0.897. The minimum atomic E-state index is 0.158. The summed E-state index contributed by atoms with van der Waals surface area (Å²) in [6.45, 7) is 2.67. The Morgan fingerprint density at radius 2 is 2.05 bits per heavy atom.